The van der Waals surface area contributed by atoms with Crippen LogP contribution >= 0.6 is 0 Å². The summed E-state index contributed by atoms with van der Waals surface area (Å²) in [5, 5.41) is 5.55. The highest BCUT2D eigenvalue weighted by molar-refractivity contribution is 7.89. The second kappa shape index (κ2) is 9.24. The number of H-pyrrole nitrogens is 1. The van der Waals surface area contributed by atoms with Crippen LogP contribution in [0.25, 0.3) is 22.3 Å². The van der Waals surface area contributed by atoms with Gasteiger partial charge in [0.1, 0.15) is 17.8 Å². The third-order valence-corrected chi connectivity index (χ3v) is 8.20. The number of benzene rings is 1. The van der Waals surface area contributed by atoms with Crippen LogP contribution in [-0.4, -0.2) is 75.1 Å². The molecule has 1 fully saturated rings. The van der Waals surface area contributed by atoms with Crippen LogP contribution in [0.5, 0.6) is 0 Å². The zero-order valence-corrected chi connectivity index (χ0v) is 19.6. The molecule has 0 spiro atoms. The Morgan fingerprint density at radius 1 is 1.15 bits per heavy atom. The first-order valence-corrected chi connectivity index (χ1v) is 12.7. The number of aromatic nitrogens is 5. The van der Waals surface area contributed by atoms with Gasteiger partial charge < -0.3 is 4.98 Å². The van der Waals surface area contributed by atoms with E-state index in [-0.39, 0.29) is 10.9 Å². The van der Waals surface area contributed by atoms with Gasteiger partial charge in [0.25, 0.3) is 0 Å². The minimum Gasteiger partial charge on any atom is -0.346 e. The number of rotatable bonds is 7. The van der Waals surface area contributed by atoms with Crippen molar-refractivity contribution in [3.8, 4) is 11.3 Å². The van der Waals surface area contributed by atoms with Gasteiger partial charge in [0.15, 0.2) is 0 Å². The van der Waals surface area contributed by atoms with Crippen LogP contribution in [-0.2, 0) is 10.0 Å². The van der Waals surface area contributed by atoms with E-state index in [4.69, 9.17) is 0 Å². The molecule has 1 unspecified atom stereocenters. The maximum absolute atomic E-state index is 13.5. The summed E-state index contributed by atoms with van der Waals surface area (Å²) in [6, 6.07) is 7.27. The Kier molecular flexibility index (Phi) is 6.15. The Labute approximate surface area is 197 Å². The standard InChI is InChI=1S/C23H26FN7O2S/c1-2-19(31-14-17(13-28-31)22-21-6-7-25-23(21)27-16-26-22)15-29-8-10-30(11-9-29)34(32,33)20-5-3-4-18(24)12-20/h3-7,12-14,16,19H,2,8-11,15H2,1H3,(H,25,26,27). The fourth-order valence-electron chi connectivity index (χ4n) is 4.39. The predicted molar refractivity (Wildman–Crippen MR) is 126 cm³/mol. The summed E-state index contributed by atoms with van der Waals surface area (Å²) in [7, 11) is -3.70. The summed E-state index contributed by atoms with van der Waals surface area (Å²) >= 11 is 0. The summed E-state index contributed by atoms with van der Waals surface area (Å²) in [4.78, 5) is 14.0. The zero-order valence-electron chi connectivity index (χ0n) is 18.8. The van der Waals surface area contributed by atoms with Crippen molar-refractivity contribution in [3.63, 3.8) is 0 Å². The van der Waals surface area contributed by atoms with Crippen LogP contribution in [0.2, 0.25) is 0 Å². The molecule has 1 N–H and O–H groups in total. The lowest BCUT2D eigenvalue weighted by molar-refractivity contribution is 0.160. The van der Waals surface area contributed by atoms with Gasteiger partial charge in [-0.3, -0.25) is 9.58 Å². The topological polar surface area (TPSA) is 100 Å². The molecule has 178 valence electrons. The molecule has 5 rings (SSSR count). The number of sulfonamides is 1. The second-order valence-electron chi connectivity index (χ2n) is 8.40. The number of piperazine rings is 1. The normalized spacial score (nSPS) is 16.8. The third-order valence-electron chi connectivity index (χ3n) is 6.31. The summed E-state index contributed by atoms with van der Waals surface area (Å²) < 4.78 is 42.7. The molecule has 9 nitrogen and oxygen atoms in total. The van der Waals surface area contributed by atoms with Gasteiger partial charge in [-0.15, -0.1) is 0 Å². The number of halogens is 1. The summed E-state index contributed by atoms with van der Waals surface area (Å²) in [6.45, 7) is 4.82. The maximum atomic E-state index is 13.5. The highest BCUT2D eigenvalue weighted by Gasteiger charge is 2.29. The van der Waals surface area contributed by atoms with Crippen LogP contribution in [0.4, 0.5) is 4.39 Å². The van der Waals surface area contributed by atoms with E-state index < -0.39 is 15.8 Å². The monoisotopic (exact) mass is 483 g/mol. The Bertz CT molecular complexity index is 1390. The van der Waals surface area contributed by atoms with Crippen molar-refractivity contribution < 1.29 is 12.8 Å². The van der Waals surface area contributed by atoms with E-state index in [1.165, 1.54) is 22.5 Å². The van der Waals surface area contributed by atoms with Crippen molar-refractivity contribution in [2.45, 2.75) is 24.3 Å². The molecule has 1 aliphatic heterocycles. The van der Waals surface area contributed by atoms with Crippen molar-refractivity contribution in [2.24, 2.45) is 0 Å². The molecule has 0 radical (unpaired) electrons. The van der Waals surface area contributed by atoms with Gasteiger partial charge in [-0.2, -0.15) is 9.40 Å². The number of fused-ring (bicyclic) bond motifs is 1. The van der Waals surface area contributed by atoms with E-state index in [9.17, 15) is 12.8 Å². The van der Waals surface area contributed by atoms with Crippen LogP contribution in [0.15, 0.2) is 60.1 Å². The lowest BCUT2D eigenvalue weighted by atomic mass is 10.1. The first kappa shape index (κ1) is 22.6. The smallest absolute Gasteiger partial charge is 0.243 e. The van der Waals surface area contributed by atoms with Crippen molar-refractivity contribution in [2.75, 3.05) is 32.7 Å². The molecule has 1 atom stereocenters. The van der Waals surface area contributed by atoms with Gasteiger partial charge in [0.2, 0.25) is 10.0 Å². The van der Waals surface area contributed by atoms with E-state index in [2.05, 4.69) is 31.9 Å². The molecular weight excluding hydrogens is 457 g/mol. The fraction of sp³-hybridized carbons (Fsp3) is 0.348. The first-order valence-electron chi connectivity index (χ1n) is 11.3. The molecule has 1 aromatic carbocycles. The predicted octanol–water partition coefficient (Wildman–Crippen LogP) is 2.92. The molecule has 11 heteroatoms. The Morgan fingerprint density at radius 2 is 1.97 bits per heavy atom. The number of aromatic amines is 1. The lowest BCUT2D eigenvalue weighted by Crippen LogP contribution is -2.49. The van der Waals surface area contributed by atoms with Crippen molar-refractivity contribution >= 4 is 21.1 Å². The highest BCUT2D eigenvalue weighted by atomic mass is 32.2. The molecule has 1 aliphatic rings. The minimum absolute atomic E-state index is 0.00212. The number of nitrogens with zero attached hydrogens (tertiary/aromatic N) is 6. The number of nitrogens with one attached hydrogen (secondary N) is 1. The number of hydrogen-bond donors (Lipinski definition) is 1. The van der Waals surface area contributed by atoms with Gasteiger partial charge in [-0.25, -0.2) is 22.8 Å². The zero-order chi connectivity index (χ0) is 23.7. The van der Waals surface area contributed by atoms with Crippen molar-refractivity contribution in [3.05, 3.63) is 61.1 Å². The average Bonchev–Trinajstić information content (AvgIpc) is 3.53. The van der Waals surface area contributed by atoms with Gasteiger partial charge >= 0.3 is 0 Å². The van der Waals surface area contributed by atoms with Gasteiger partial charge in [0.05, 0.1) is 22.8 Å². The van der Waals surface area contributed by atoms with Crippen LogP contribution in [0.1, 0.15) is 19.4 Å². The van der Waals surface area contributed by atoms with E-state index in [1.54, 1.807) is 6.33 Å². The highest BCUT2D eigenvalue weighted by Crippen LogP contribution is 2.26. The minimum atomic E-state index is -3.70. The largest absolute Gasteiger partial charge is 0.346 e. The fourth-order valence-corrected chi connectivity index (χ4v) is 5.84. The summed E-state index contributed by atoms with van der Waals surface area (Å²) in [5.74, 6) is -0.553. The third kappa shape index (κ3) is 4.33. The molecule has 34 heavy (non-hydrogen) atoms. The van der Waals surface area contributed by atoms with Crippen LogP contribution in [0, 0.1) is 5.82 Å². The van der Waals surface area contributed by atoms with E-state index >= 15 is 0 Å². The molecule has 0 aliphatic carbocycles. The van der Waals surface area contributed by atoms with Gasteiger partial charge in [-0.1, -0.05) is 13.0 Å². The average molecular weight is 484 g/mol. The number of hydrogen-bond acceptors (Lipinski definition) is 6. The lowest BCUT2D eigenvalue weighted by Gasteiger charge is -2.35. The Morgan fingerprint density at radius 3 is 2.74 bits per heavy atom. The molecule has 4 heterocycles. The first-order chi connectivity index (χ1) is 16.5. The Hall–Kier alpha value is -3.15. The van der Waals surface area contributed by atoms with Gasteiger partial charge in [0, 0.05) is 56.1 Å². The molecule has 0 saturated carbocycles. The second-order valence-corrected chi connectivity index (χ2v) is 10.3. The van der Waals surface area contributed by atoms with Gasteiger partial charge in [-0.05, 0) is 30.7 Å². The van der Waals surface area contributed by atoms with E-state index in [0.717, 1.165) is 41.3 Å². The molecule has 0 amide bonds. The van der Waals surface area contributed by atoms with E-state index in [1.807, 2.05) is 29.3 Å². The van der Waals surface area contributed by atoms with Crippen molar-refractivity contribution in [1.82, 2.24) is 33.9 Å². The molecule has 3 aromatic heterocycles. The van der Waals surface area contributed by atoms with Crippen LogP contribution in [0.3, 0.4) is 0 Å². The maximum Gasteiger partial charge on any atom is 0.243 e. The summed E-state index contributed by atoms with van der Waals surface area (Å²) in [6.07, 6.45) is 8.09. The molecule has 0 bridgehead atoms. The summed E-state index contributed by atoms with van der Waals surface area (Å²) in [5.41, 5.74) is 2.55. The van der Waals surface area contributed by atoms with Crippen LogP contribution < -0.4 is 0 Å². The molecular formula is C23H26FN7O2S. The Balaban J connectivity index is 1.25. The molecule has 4 aromatic rings. The SMILES string of the molecule is CCC(CN1CCN(S(=O)(=O)c2cccc(F)c2)CC1)n1cc(-c2ncnc3[nH]ccc23)cn1. The quantitative estimate of drug-likeness (QED) is 0.434. The van der Waals surface area contributed by atoms with Crippen molar-refractivity contribution in [1.29, 1.82) is 0 Å². The molecule has 1 saturated heterocycles. The van der Waals surface area contributed by atoms with E-state index in [0.29, 0.717) is 26.2 Å².